The Labute approximate surface area is 150 Å². The van der Waals surface area contributed by atoms with Gasteiger partial charge in [0.1, 0.15) is 5.78 Å². The summed E-state index contributed by atoms with van der Waals surface area (Å²) in [6, 6.07) is 7.06. The van der Waals surface area contributed by atoms with Gasteiger partial charge in [-0.1, -0.05) is 28.1 Å². The van der Waals surface area contributed by atoms with E-state index in [0.717, 1.165) is 4.47 Å². The van der Waals surface area contributed by atoms with Gasteiger partial charge in [0.2, 0.25) is 0 Å². The molecule has 1 saturated heterocycles. The van der Waals surface area contributed by atoms with Crippen LogP contribution >= 0.6 is 15.9 Å². The van der Waals surface area contributed by atoms with Crippen molar-refractivity contribution in [3.63, 3.8) is 0 Å². The van der Waals surface area contributed by atoms with E-state index >= 15 is 0 Å². The van der Waals surface area contributed by atoms with Crippen LogP contribution in [0.1, 0.15) is 44.0 Å². The van der Waals surface area contributed by atoms with Gasteiger partial charge < -0.3 is 4.84 Å². The zero-order valence-electron chi connectivity index (χ0n) is 14.2. The topological polar surface area (TPSA) is 63.7 Å². The molecule has 0 aromatic heterocycles. The van der Waals surface area contributed by atoms with E-state index in [1.165, 1.54) is 5.06 Å². The first-order valence-electron chi connectivity index (χ1n) is 7.95. The van der Waals surface area contributed by atoms with E-state index in [4.69, 9.17) is 4.84 Å². The molecule has 0 bridgehead atoms. The fourth-order valence-electron chi connectivity index (χ4n) is 2.37. The number of hydrogen-bond acceptors (Lipinski definition) is 5. The summed E-state index contributed by atoms with van der Waals surface area (Å²) in [5, 5.41) is 1.51. The third-order valence-corrected chi connectivity index (χ3v) is 4.44. The molecule has 0 spiro atoms. The van der Waals surface area contributed by atoms with Gasteiger partial charge in [0.25, 0.3) is 0 Å². The van der Waals surface area contributed by atoms with E-state index in [1.54, 1.807) is 45.0 Å². The fourth-order valence-corrected chi connectivity index (χ4v) is 2.64. The number of carbonyl (C=O) groups is 3. The normalized spacial score (nSPS) is 19.2. The molecule has 1 aromatic carbocycles. The predicted octanol–water partition coefficient (Wildman–Crippen LogP) is 3.42. The van der Waals surface area contributed by atoms with Gasteiger partial charge in [-0.3, -0.25) is 9.59 Å². The highest BCUT2D eigenvalue weighted by molar-refractivity contribution is 9.10. The van der Waals surface area contributed by atoms with Crippen LogP contribution in [0.3, 0.4) is 0 Å². The number of hydroxylamine groups is 2. The van der Waals surface area contributed by atoms with Gasteiger partial charge in [-0.25, -0.2) is 4.79 Å². The van der Waals surface area contributed by atoms with Crippen LogP contribution in [0, 0.1) is 11.3 Å². The maximum Gasteiger partial charge on any atom is 0.330 e. The van der Waals surface area contributed by atoms with Crippen LogP contribution in [0.15, 0.2) is 28.7 Å². The lowest BCUT2D eigenvalue weighted by molar-refractivity contribution is -0.207. The molecule has 6 heteroatoms. The van der Waals surface area contributed by atoms with Crippen LogP contribution in [-0.2, 0) is 14.4 Å². The number of hydrogen-bond donors (Lipinski definition) is 0. The average molecular weight is 396 g/mol. The first kappa shape index (κ1) is 18.8. The van der Waals surface area contributed by atoms with Crippen molar-refractivity contribution in [1.82, 2.24) is 5.06 Å². The Bertz CT molecular complexity index is 633. The van der Waals surface area contributed by atoms with Crippen molar-refractivity contribution in [2.45, 2.75) is 33.6 Å². The van der Waals surface area contributed by atoms with Crippen molar-refractivity contribution in [2.75, 3.05) is 13.1 Å². The Hall–Kier alpha value is -1.53. The van der Waals surface area contributed by atoms with Crippen molar-refractivity contribution in [3.8, 4) is 0 Å². The second kappa shape index (κ2) is 7.57. The number of carbonyl (C=O) groups excluding carboxylic acids is 3. The van der Waals surface area contributed by atoms with E-state index in [9.17, 15) is 14.4 Å². The first-order chi connectivity index (χ1) is 11.2. The molecule has 2 rings (SSSR count). The Morgan fingerprint density at radius 3 is 2.46 bits per heavy atom. The van der Waals surface area contributed by atoms with Crippen LogP contribution in [-0.4, -0.2) is 35.7 Å². The predicted molar refractivity (Wildman–Crippen MR) is 93.3 cm³/mol. The molecule has 5 nitrogen and oxygen atoms in total. The van der Waals surface area contributed by atoms with E-state index in [1.807, 2.05) is 0 Å². The summed E-state index contributed by atoms with van der Waals surface area (Å²) in [6.07, 6.45) is 0.416. The zero-order chi connectivity index (χ0) is 17.9. The van der Waals surface area contributed by atoms with Crippen LogP contribution < -0.4 is 0 Å². The summed E-state index contributed by atoms with van der Waals surface area (Å²) < 4.78 is 0.896. The minimum absolute atomic E-state index is 0.0449. The average Bonchev–Trinajstić information content (AvgIpc) is 2.50. The lowest BCUT2D eigenvalue weighted by Crippen LogP contribution is -2.44. The fraction of sp³-hybridized carbons (Fsp3) is 0.500. The molecule has 24 heavy (non-hydrogen) atoms. The molecule has 1 heterocycles. The summed E-state index contributed by atoms with van der Waals surface area (Å²) in [4.78, 5) is 41.8. The molecule has 1 aromatic rings. The summed E-state index contributed by atoms with van der Waals surface area (Å²) in [7, 11) is 0. The van der Waals surface area contributed by atoms with E-state index < -0.39 is 11.3 Å². The van der Waals surface area contributed by atoms with Crippen molar-refractivity contribution in [2.24, 2.45) is 11.3 Å². The molecule has 0 aliphatic carbocycles. The zero-order valence-corrected chi connectivity index (χ0v) is 15.8. The third kappa shape index (κ3) is 4.98. The second-order valence-corrected chi connectivity index (χ2v) is 7.98. The van der Waals surface area contributed by atoms with Gasteiger partial charge in [-0.15, -0.1) is 5.06 Å². The number of nitrogens with zero attached hydrogens (tertiary/aromatic N) is 1. The first-order valence-corrected chi connectivity index (χ1v) is 8.75. The minimum atomic E-state index is -0.607. The van der Waals surface area contributed by atoms with Crippen molar-refractivity contribution < 1.29 is 19.2 Å². The summed E-state index contributed by atoms with van der Waals surface area (Å²) in [6.45, 7) is 5.98. The lowest BCUT2D eigenvalue weighted by atomic mass is 9.90. The van der Waals surface area contributed by atoms with Gasteiger partial charge in [0.05, 0.1) is 5.41 Å². The molecule has 0 N–H and O–H groups in total. The summed E-state index contributed by atoms with van der Waals surface area (Å²) >= 11 is 3.33. The number of benzene rings is 1. The highest BCUT2D eigenvalue weighted by atomic mass is 79.9. The van der Waals surface area contributed by atoms with E-state index in [0.29, 0.717) is 12.1 Å². The van der Waals surface area contributed by atoms with E-state index in [-0.39, 0.29) is 36.9 Å². The van der Waals surface area contributed by atoms with Gasteiger partial charge in [-0.05, 0) is 32.9 Å². The highest BCUT2D eigenvalue weighted by Crippen LogP contribution is 2.22. The smallest absolute Gasteiger partial charge is 0.330 e. The molecule has 0 radical (unpaired) electrons. The SMILES string of the molecule is CC(C)(C)C(=O)ON1CCC(=O)C(CC(=O)c2ccc(Br)cc2)C1. The Balaban J connectivity index is 1.98. The lowest BCUT2D eigenvalue weighted by Gasteiger charge is -2.31. The molecule has 130 valence electrons. The summed E-state index contributed by atoms with van der Waals surface area (Å²) in [5.41, 5.74) is -0.0284. The quantitative estimate of drug-likeness (QED) is 0.730. The molecule has 1 unspecified atom stereocenters. The van der Waals surface area contributed by atoms with Crippen LogP contribution in [0.2, 0.25) is 0 Å². The van der Waals surface area contributed by atoms with Gasteiger partial charge >= 0.3 is 5.97 Å². The molecular weight excluding hydrogens is 374 g/mol. The molecule has 1 atom stereocenters. The van der Waals surface area contributed by atoms with Crippen LogP contribution in [0.25, 0.3) is 0 Å². The maximum absolute atomic E-state index is 12.4. The molecule has 0 saturated carbocycles. The second-order valence-electron chi connectivity index (χ2n) is 7.06. The van der Waals surface area contributed by atoms with Gasteiger partial charge in [-0.2, -0.15) is 0 Å². The van der Waals surface area contributed by atoms with Crippen LogP contribution in [0.5, 0.6) is 0 Å². The molecule has 1 fully saturated rings. The summed E-state index contributed by atoms with van der Waals surface area (Å²) in [5.74, 6) is -0.814. The van der Waals surface area contributed by atoms with Gasteiger partial charge in [0, 0.05) is 41.9 Å². The standard InChI is InChI=1S/C18H22BrNO4/c1-18(2,3)17(23)24-20-9-8-15(21)13(11-20)10-16(22)12-4-6-14(19)7-5-12/h4-7,13H,8-11H2,1-3H3. The van der Waals surface area contributed by atoms with Crippen molar-refractivity contribution in [1.29, 1.82) is 0 Å². The molecular formula is C18H22BrNO4. The number of piperidine rings is 1. The molecule has 1 aliphatic heterocycles. The number of ketones is 2. The van der Waals surface area contributed by atoms with Crippen LogP contribution in [0.4, 0.5) is 0 Å². The van der Waals surface area contributed by atoms with Crippen molar-refractivity contribution >= 4 is 33.5 Å². The van der Waals surface area contributed by atoms with E-state index in [2.05, 4.69) is 15.9 Å². The van der Waals surface area contributed by atoms with Gasteiger partial charge in [0.15, 0.2) is 5.78 Å². The highest BCUT2D eigenvalue weighted by Gasteiger charge is 2.33. The Morgan fingerprint density at radius 2 is 1.88 bits per heavy atom. The Morgan fingerprint density at radius 1 is 1.25 bits per heavy atom. The van der Waals surface area contributed by atoms with Crippen molar-refractivity contribution in [3.05, 3.63) is 34.3 Å². The number of Topliss-reactive ketones (excluding diaryl/α,β-unsaturated/α-hetero) is 2. The number of halogens is 1. The Kier molecular flexibility index (Phi) is 5.93. The number of rotatable bonds is 4. The monoisotopic (exact) mass is 395 g/mol. The third-order valence-electron chi connectivity index (χ3n) is 3.91. The minimum Gasteiger partial charge on any atom is -0.367 e. The maximum atomic E-state index is 12.4. The largest absolute Gasteiger partial charge is 0.367 e. The molecule has 1 aliphatic rings. The molecule has 0 amide bonds.